The van der Waals surface area contributed by atoms with Gasteiger partial charge < -0.3 is 5.11 Å². The highest BCUT2D eigenvalue weighted by Crippen LogP contribution is 2.17. The summed E-state index contributed by atoms with van der Waals surface area (Å²) in [5.41, 5.74) is 3.26. The zero-order valence-corrected chi connectivity index (χ0v) is 7.76. The smallest absolute Gasteiger partial charge is 0.118 e. The Kier molecular flexibility index (Phi) is 2.54. The van der Waals surface area contributed by atoms with Crippen LogP contribution in [0.2, 0.25) is 0 Å². The van der Waals surface area contributed by atoms with E-state index in [9.17, 15) is 5.11 Å². The number of hydrogen-bond acceptors (Lipinski definition) is 1. The van der Waals surface area contributed by atoms with Crippen LogP contribution in [0.1, 0.15) is 23.6 Å². The minimum absolute atomic E-state index is 0.354. The SMILES string of the molecule is C/C=C(\O)c1ccc(C)cc1C. The quantitative estimate of drug-likeness (QED) is 0.628. The van der Waals surface area contributed by atoms with Gasteiger partial charge in [0.05, 0.1) is 0 Å². The molecule has 0 saturated heterocycles. The Morgan fingerprint density at radius 1 is 1.33 bits per heavy atom. The zero-order valence-electron chi connectivity index (χ0n) is 7.76. The van der Waals surface area contributed by atoms with Crippen molar-refractivity contribution >= 4 is 5.76 Å². The van der Waals surface area contributed by atoms with Crippen LogP contribution in [0.5, 0.6) is 0 Å². The number of allylic oxidation sites excluding steroid dienone is 1. The van der Waals surface area contributed by atoms with Crippen molar-refractivity contribution < 1.29 is 5.11 Å². The van der Waals surface area contributed by atoms with Crippen LogP contribution in [0.25, 0.3) is 5.76 Å². The van der Waals surface area contributed by atoms with Crippen LogP contribution in [-0.2, 0) is 0 Å². The minimum Gasteiger partial charge on any atom is -0.508 e. The molecule has 1 nitrogen and oxygen atoms in total. The molecule has 1 rings (SSSR count). The molecule has 0 unspecified atom stereocenters. The molecule has 1 N–H and O–H groups in total. The van der Waals surface area contributed by atoms with Crippen LogP contribution in [0.4, 0.5) is 0 Å². The molecule has 0 aliphatic rings. The van der Waals surface area contributed by atoms with E-state index in [0.29, 0.717) is 5.76 Å². The lowest BCUT2D eigenvalue weighted by Gasteiger charge is -2.04. The van der Waals surface area contributed by atoms with Gasteiger partial charge in [-0.05, 0) is 32.4 Å². The van der Waals surface area contributed by atoms with E-state index in [0.717, 1.165) is 11.1 Å². The van der Waals surface area contributed by atoms with Crippen molar-refractivity contribution in [3.63, 3.8) is 0 Å². The summed E-state index contributed by atoms with van der Waals surface area (Å²) in [6, 6.07) is 6.01. The molecular weight excluding hydrogens is 148 g/mol. The van der Waals surface area contributed by atoms with Crippen LogP contribution in [-0.4, -0.2) is 5.11 Å². The molecule has 0 aliphatic carbocycles. The van der Waals surface area contributed by atoms with Crippen molar-refractivity contribution in [2.24, 2.45) is 0 Å². The molecular formula is C11H14O. The topological polar surface area (TPSA) is 20.2 Å². The molecule has 0 amide bonds. The fourth-order valence-electron chi connectivity index (χ4n) is 1.26. The molecule has 0 aromatic heterocycles. The van der Waals surface area contributed by atoms with Crippen LogP contribution in [0.15, 0.2) is 24.3 Å². The Bertz CT molecular complexity index is 311. The fraction of sp³-hybridized carbons (Fsp3) is 0.273. The van der Waals surface area contributed by atoms with Gasteiger partial charge in [-0.1, -0.05) is 23.8 Å². The number of aliphatic hydroxyl groups excluding tert-OH is 1. The molecule has 1 aromatic rings. The Labute approximate surface area is 73.4 Å². The first-order chi connectivity index (χ1) is 5.65. The maximum absolute atomic E-state index is 9.46. The number of hydrogen-bond donors (Lipinski definition) is 1. The van der Waals surface area contributed by atoms with E-state index < -0.39 is 0 Å². The summed E-state index contributed by atoms with van der Waals surface area (Å²) in [6.45, 7) is 5.88. The lowest BCUT2D eigenvalue weighted by atomic mass is 10.0. The third-order valence-corrected chi connectivity index (χ3v) is 1.93. The maximum atomic E-state index is 9.46. The van der Waals surface area contributed by atoms with Gasteiger partial charge in [0.25, 0.3) is 0 Å². The van der Waals surface area contributed by atoms with Crippen LogP contribution >= 0.6 is 0 Å². The van der Waals surface area contributed by atoms with Crippen molar-refractivity contribution in [2.45, 2.75) is 20.8 Å². The number of aliphatic hydroxyl groups is 1. The molecule has 0 atom stereocenters. The van der Waals surface area contributed by atoms with Crippen molar-refractivity contribution in [1.82, 2.24) is 0 Å². The fourth-order valence-corrected chi connectivity index (χ4v) is 1.26. The van der Waals surface area contributed by atoms with Gasteiger partial charge in [-0.2, -0.15) is 0 Å². The first kappa shape index (κ1) is 8.85. The molecule has 0 radical (unpaired) electrons. The first-order valence-electron chi connectivity index (χ1n) is 4.08. The van der Waals surface area contributed by atoms with Crippen molar-refractivity contribution in [1.29, 1.82) is 0 Å². The average Bonchev–Trinajstić information content (AvgIpc) is 2.03. The van der Waals surface area contributed by atoms with Gasteiger partial charge in [0.2, 0.25) is 0 Å². The Hall–Kier alpha value is -1.24. The van der Waals surface area contributed by atoms with Gasteiger partial charge in [-0.15, -0.1) is 0 Å². The highest BCUT2D eigenvalue weighted by Gasteiger charge is 2.00. The molecule has 0 heterocycles. The minimum atomic E-state index is 0.354. The second kappa shape index (κ2) is 3.44. The predicted octanol–water partition coefficient (Wildman–Crippen LogP) is 3.22. The summed E-state index contributed by atoms with van der Waals surface area (Å²) in [6.07, 6.45) is 1.71. The number of benzene rings is 1. The Morgan fingerprint density at radius 2 is 2.00 bits per heavy atom. The molecule has 64 valence electrons. The summed E-state index contributed by atoms with van der Waals surface area (Å²) in [7, 11) is 0. The molecule has 0 spiro atoms. The third-order valence-electron chi connectivity index (χ3n) is 1.93. The molecule has 1 heteroatoms. The summed E-state index contributed by atoms with van der Waals surface area (Å²) >= 11 is 0. The van der Waals surface area contributed by atoms with E-state index in [1.165, 1.54) is 5.56 Å². The standard InChI is InChI=1S/C11H14O/c1-4-11(12)10-6-5-8(2)7-9(10)3/h4-7,12H,1-3H3/b11-4-. The number of rotatable bonds is 1. The molecule has 0 saturated carbocycles. The van der Waals surface area contributed by atoms with Gasteiger partial charge in [0, 0.05) is 5.56 Å². The average molecular weight is 162 g/mol. The van der Waals surface area contributed by atoms with Crippen molar-refractivity contribution in [3.05, 3.63) is 41.0 Å². The normalized spacial score (nSPS) is 11.8. The highest BCUT2D eigenvalue weighted by atomic mass is 16.3. The lowest BCUT2D eigenvalue weighted by molar-refractivity contribution is 0.510. The second-order valence-electron chi connectivity index (χ2n) is 2.99. The molecule has 0 fully saturated rings. The highest BCUT2D eigenvalue weighted by molar-refractivity contribution is 5.61. The summed E-state index contributed by atoms with van der Waals surface area (Å²) < 4.78 is 0. The predicted molar refractivity (Wildman–Crippen MR) is 52.2 cm³/mol. The van der Waals surface area contributed by atoms with E-state index in [1.807, 2.05) is 32.9 Å². The van der Waals surface area contributed by atoms with E-state index >= 15 is 0 Å². The van der Waals surface area contributed by atoms with E-state index in [4.69, 9.17) is 0 Å². The van der Waals surface area contributed by atoms with Crippen LogP contribution in [0.3, 0.4) is 0 Å². The maximum Gasteiger partial charge on any atom is 0.118 e. The summed E-state index contributed by atoms with van der Waals surface area (Å²) in [5.74, 6) is 0.354. The lowest BCUT2D eigenvalue weighted by Crippen LogP contribution is -1.88. The number of aryl methyl sites for hydroxylation is 2. The summed E-state index contributed by atoms with van der Waals surface area (Å²) in [4.78, 5) is 0. The molecule has 1 aromatic carbocycles. The Balaban J connectivity index is 3.18. The molecule has 0 bridgehead atoms. The molecule has 12 heavy (non-hydrogen) atoms. The van der Waals surface area contributed by atoms with Gasteiger partial charge in [-0.3, -0.25) is 0 Å². The van der Waals surface area contributed by atoms with Gasteiger partial charge >= 0.3 is 0 Å². The van der Waals surface area contributed by atoms with Crippen molar-refractivity contribution in [3.8, 4) is 0 Å². The monoisotopic (exact) mass is 162 g/mol. The van der Waals surface area contributed by atoms with E-state index in [-0.39, 0.29) is 0 Å². The zero-order chi connectivity index (χ0) is 9.14. The summed E-state index contributed by atoms with van der Waals surface area (Å²) in [5, 5.41) is 9.46. The second-order valence-corrected chi connectivity index (χ2v) is 2.99. The molecule has 0 aliphatic heterocycles. The Morgan fingerprint density at radius 3 is 2.50 bits per heavy atom. The largest absolute Gasteiger partial charge is 0.508 e. The van der Waals surface area contributed by atoms with Crippen LogP contribution in [0, 0.1) is 13.8 Å². The van der Waals surface area contributed by atoms with E-state index in [1.54, 1.807) is 6.08 Å². The van der Waals surface area contributed by atoms with Gasteiger partial charge in [-0.25, -0.2) is 0 Å². The van der Waals surface area contributed by atoms with Crippen molar-refractivity contribution in [2.75, 3.05) is 0 Å². The van der Waals surface area contributed by atoms with Gasteiger partial charge in [0.15, 0.2) is 0 Å². The van der Waals surface area contributed by atoms with Crippen LogP contribution < -0.4 is 0 Å². The third kappa shape index (κ3) is 1.67. The van der Waals surface area contributed by atoms with E-state index in [2.05, 4.69) is 6.07 Å². The first-order valence-corrected chi connectivity index (χ1v) is 4.08. The van der Waals surface area contributed by atoms with Gasteiger partial charge in [0.1, 0.15) is 5.76 Å².